The summed E-state index contributed by atoms with van der Waals surface area (Å²) in [7, 11) is 0. The van der Waals surface area contributed by atoms with Gasteiger partial charge in [0.15, 0.2) is 17.7 Å². The van der Waals surface area contributed by atoms with Crippen molar-refractivity contribution in [1.82, 2.24) is 0 Å². The number of hydrogen-bond donors (Lipinski definition) is 0. The molecule has 0 N–H and O–H groups in total. The Morgan fingerprint density at radius 3 is 2.33 bits per heavy atom. The van der Waals surface area contributed by atoms with E-state index >= 15 is 0 Å². The molecule has 1 unspecified atom stereocenters. The van der Waals surface area contributed by atoms with Crippen molar-refractivity contribution in [3.63, 3.8) is 0 Å². The SMILES string of the molecule is CCCCCCCOc1ccc(-c2ccc(OC(=O)OC(C#N)C(C)C)c(F)c2F)c(F)c1. The van der Waals surface area contributed by atoms with Crippen molar-refractivity contribution in [2.24, 2.45) is 5.92 Å². The molecule has 33 heavy (non-hydrogen) atoms. The maximum absolute atomic E-state index is 14.6. The monoisotopic (exact) mass is 463 g/mol. The van der Waals surface area contributed by atoms with E-state index in [4.69, 9.17) is 14.7 Å². The summed E-state index contributed by atoms with van der Waals surface area (Å²) in [5, 5.41) is 8.95. The Balaban J connectivity index is 2.08. The maximum Gasteiger partial charge on any atom is 0.515 e. The van der Waals surface area contributed by atoms with Gasteiger partial charge in [-0.15, -0.1) is 0 Å². The quantitative estimate of drug-likeness (QED) is 0.200. The number of carbonyl (C=O) groups is 1. The summed E-state index contributed by atoms with van der Waals surface area (Å²) < 4.78 is 58.7. The zero-order valence-electron chi connectivity index (χ0n) is 19.0. The third-order valence-corrected chi connectivity index (χ3v) is 4.94. The van der Waals surface area contributed by atoms with Crippen LogP contribution in [0.5, 0.6) is 11.5 Å². The number of unbranched alkanes of at least 4 members (excludes halogenated alkanes) is 4. The summed E-state index contributed by atoms with van der Waals surface area (Å²) in [6.45, 7) is 5.86. The second-order valence-corrected chi connectivity index (χ2v) is 7.91. The second kappa shape index (κ2) is 12.7. The molecule has 178 valence electrons. The van der Waals surface area contributed by atoms with Gasteiger partial charge >= 0.3 is 6.16 Å². The van der Waals surface area contributed by atoms with E-state index in [0.717, 1.165) is 50.3 Å². The van der Waals surface area contributed by atoms with Gasteiger partial charge in [0.2, 0.25) is 5.82 Å². The normalized spacial score (nSPS) is 11.7. The predicted octanol–water partition coefficient (Wildman–Crippen LogP) is 7.18. The van der Waals surface area contributed by atoms with E-state index in [1.54, 1.807) is 19.9 Å². The van der Waals surface area contributed by atoms with Crippen LogP contribution in [0.25, 0.3) is 11.1 Å². The van der Waals surface area contributed by atoms with Crippen LogP contribution in [0.15, 0.2) is 30.3 Å². The summed E-state index contributed by atoms with van der Waals surface area (Å²) in [6.07, 6.45) is 2.84. The van der Waals surface area contributed by atoms with E-state index in [-0.39, 0.29) is 17.0 Å². The molecule has 2 rings (SSSR count). The van der Waals surface area contributed by atoms with E-state index in [0.29, 0.717) is 12.4 Å². The molecule has 0 amide bonds. The zero-order valence-corrected chi connectivity index (χ0v) is 19.0. The molecule has 0 radical (unpaired) electrons. The third kappa shape index (κ3) is 7.41. The maximum atomic E-state index is 14.6. The van der Waals surface area contributed by atoms with Crippen molar-refractivity contribution in [2.75, 3.05) is 6.61 Å². The Hall–Kier alpha value is -3.21. The van der Waals surface area contributed by atoms with E-state index < -0.39 is 35.5 Å². The molecule has 2 aromatic rings. The van der Waals surface area contributed by atoms with Crippen LogP contribution in [-0.2, 0) is 4.74 Å². The van der Waals surface area contributed by atoms with Crippen molar-refractivity contribution in [3.05, 3.63) is 47.8 Å². The van der Waals surface area contributed by atoms with Crippen molar-refractivity contribution in [3.8, 4) is 28.7 Å². The molecule has 0 fully saturated rings. The zero-order chi connectivity index (χ0) is 24.4. The second-order valence-electron chi connectivity index (χ2n) is 7.91. The number of carbonyl (C=O) groups excluding carboxylic acids is 1. The van der Waals surface area contributed by atoms with Crippen LogP contribution in [-0.4, -0.2) is 18.9 Å². The summed E-state index contributed by atoms with van der Waals surface area (Å²) in [6, 6.07) is 7.76. The van der Waals surface area contributed by atoms with Gasteiger partial charge in [0.25, 0.3) is 0 Å². The number of rotatable bonds is 11. The molecule has 2 aromatic carbocycles. The van der Waals surface area contributed by atoms with Gasteiger partial charge in [-0.1, -0.05) is 46.5 Å². The molecule has 0 saturated heterocycles. The van der Waals surface area contributed by atoms with Gasteiger partial charge in [-0.05, 0) is 30.7 Å². The fraction of sp³-hybridized carbons (Fsp3) is 0.440. The molecule has 0 heterocycles. The van der Waals surface area contributed by atoms with E-state index in [9.17, 15) is 18.0 Å². The van der Waals surface area contributed by atoms with Crippen LogP contribution < -0.4 is 9.47 Å². The lowest BCUT2D eigenvalue weighted by Crippen LogP contribution is -2.24. The van der Waals surface area contributed by atoms with E-state index in [1.807, 2.05) is 0 Å². The van der Waals surface area contributed by atoms with Crippen molar-refractivity contribution in [2.45, 2.75) is 59.0 Å². The van der Waals surface area contributed by atoms with Crippen LogP contribution in [0.4, 0.5) is 18.0 Å². The van der Waals surface area contributed by atoms with Gasteiger partial charge in [-0.3, -0.25) is 0 Å². The van der Waals surface area contributed by atoms with Crippen LogP contribution >= 0.6 is 0 Å². The molecule has 5 nitrogen and oxygen atoms in total. The Bertz CT molecular complexity index is 988. The minimum Gasteiger partial charge on any atom is -0.493 e. The van der Waals surface area contributed by atoms with Crippen molar-refractivity contribution >= 4 is 6.16 Å². The number of benzene rings is 2. The van der Waals surface area contributed by atoms with E-state index in [1.165, 1.54) is 12.1 Å². The lowest BCUT2D eigenvalue weighted by molar-refractivity contribution is 0.0608. The molecule has 0 aliphatic heterocycles. The van der Waals surface area contributed by atoms with Crippen molar-refractivity contribution < 1.29 is 32.2 Å². The number of ether oxygens (including phenoxy) is 3. The fourth-order valence-corrected chi connectivity index (χ4v) is 3.05. The highest BCUT2D eigenvalue weighted by molar-refractivity contribution is 5.69. The summed E-state index contributed by atoms with van der Waals surface area (Å²) in [4.78, 5) is 11.8. The molecular weight excluding hydrogens is 435 g/mol. The topological polar surface area (TPSA) is 68.6 Å². The van der Waals surface area contributed by atoms with Crippen LogP contribution in [0.3, 0.4) is 0 Å². The first-order valence-corrected chi connectivity index (χ1v) is 11.0. The molecule has 0 aliphatic rings. The van der Waals surface area contributed by atoms with Gasteiger partial charge in [0.05, 0.1) is 6.61 Å². The van der Waals surface area contributed by atoms with Crippen LogP contribution in [0, 0.1) is 34.7 Å². The molecule has 1 atom stereocenters. The number of nitriles is 1. The molecule has 8 heteroatoms. The standard InChI is InChI=1S/C25H28F3NO4/c1-4-5-6-7-8-13-31-17-9-10-18(20(26)14-17)19-11-12-21(24(28)23(19)27)32-25(30)33-22(15-29)16(2)3/h9-12,14,16,22H,4-8,13H2,1-3H3. The largest absolute Gasteiger partial charge is 0.515 e. The number of hydrogen-bond acceptors (Lipinski definition) is 5. The predicted molar refractivity (Wildman–Crippen MR) is 117 cm³/mol. The Kier molecular flexibility index (Phi) is 10.0. The first-order valence-electron chi connectivity index (χ1n) is 11.0. The van der Waals surface area contributed by atoms with Gasteiger partial charge < -0.3 is 14.2 Å². The lowest BCUT2D eigenvalue weighted by Gasteiger charge is -2.14. The van der Waals surface area contributed by atoms with Crippen molar-refractivity contribution in [1.29, 1.82) is 5.26 Å². The van der Waals surface area contributed by atoms with Crippen LogP contribution in [0.2, 0.25) is 0 Å². The fourth-order valence-electron chi connectivity index (χ4n) is 3.05. The summed E-state index contributed by atoms with van der Waals surface area (Å²) in [5.74, 6) is -4.39. The smallest absolute Gasteiger partial charge is 0.493 e. The molecule has 0 bridgehead atoms. The average Bonchev–Trinajstić information content (AvgIpc) is 2.78. The molecular formula is C25H28F3NO4. The Labute approximate surface area is 192 Å². The minimum absolute atomic E-state index is 0.167. The third-order valence-electron chi connectivity index (χ3n) is 4.94. The highest BCUT2D eigenvalue weighted by Gasteiger charge is 2.23. The first-order chi connectivity index (χ1) is 15.8. The summed E-state index contributed by atoms with van der Waals surface area (Å²) >= 11 is 0. The van der Waals surface area contributed by atoms with Gasteiger partial charge in [0, 0.05) is 23.1 Å². The highest BCUT2D eigenvalue weighted by atomic mass is 19.2. The molecule has 0 saturated carbocycles. The van der Waals surface area contributed by atoms with Gasteiger partial charge in [-0.25, -0.2) is 13.6 Å². The number of halogens is 3. The highest BCUT2D eigenvalue weighted by Crippen LogP contribution is 2.33. The summed E-state index contributed by atoms with van der Waals surface area (Å²) in [5.41, 5.74) is -0.505. The Morgan fingerprint density at radius 1 is 1.00 bits per heavy atom. The first kappa shape index (κ1) is 26.0. The average molecular weight is 463 g/mol. The minimum atomic E-state index is -1.48. The molecule has 0 aliphatic carbocycles. The van der Waals surface area contributed by atoms with E-state index in [2.05, 4.69) is 11.7 Å². The van der Waals surface area contributed by atoms with Crippen LogP contribution in [0.1, 0.15) is 52.9 Å². The molecule has 0 spiro atoms. The Morgan fingerprint density at radius 2 is 1.70 bits per heavy atom. The van der Waals surface area contributed by atoms with Gasteiger partial charge in [0.1, 0.15) is 17.6 Å². The van der Waals surface area contributed by atoms with Gasteiger partial charge in [-0.2, -0.15) is 9.65 Å². The molecule has 0 aromatic heterocycles. The lowest BCUT2D eigenvalue weighted by atomic mass is 10.0. The number of nitrogens with zero attached hydrogens (tertiary/aromatic N) is 1.